The molecule has 8 heteroatoms. The van der Waals surface area contributed by atoms with E-state index in [2.05, 4.69) is 9.97 Å². The van der Waals surface area contributed by atoms with Gasteiger partial charge < -0.3 is 9.88 Å². The van der Waals surface area contributed by atoms with Crippen molar-refractivity contribution < 1.29 is 4.79 Å². The van der Waals surface area contributed by atoms with Crippen LogP contribution in [-0.4, -0.2) is 34.5 Å². The molecule has 1 fully saturated rings. The highest BCUT2D eigenvalue weighted by atomic mass is 32.2. The van der Waals surface area contributed by atoms with Crippen molar-refractivity contribution in [2.45, 2.75) is 13.0 Å². The number of Topliss-reactive ketones (excluding diaryl/α,β-unsaturated/α-hetero) is 1. The van der Waals surface area contributed by atoms with Gasteiger partial charge in [-0.3, -0.25) is 9.59 Å². The van der Waals surface area contributed by atoms with E-state index in [9.17, 15) is 9.59 Å². The van der Waals surface area contributed by atoms with Gasteiger partial charge in [0, 0.05) is 54.4 Å². The topological polar surface area (TPSA) is 74.2 Å². The van der Waals surface area contributed by atoms with E-state index >= 15 is 0 Å². The Hall–Kier alpha value is -4.30. The van der Waals surface area contributed by atoms with Crippen LogP contribution in [0.4, 0.5) is 5.69 Å². The van der Waals surface area contributed by atoms with Crippen LogP contribution in [-0.2, 0) is 4.79 Å². The molecule has 0 bridgehead atoms. The zero-order chi connectivity index (χ0) is 25.7. The van der Waals surface area contributed by atoms with Crippen LogP contribution in [0.5, 0.6) is 0 Å². The van der Waals surface area contributed by atoms with Crippen LogP contribution in [0.3, 0.4) is 0 Å². The van der Waals surface area contributed by atoms with Crippen molar-refractivity contribution in [2.75, 3.05) is 23.4 Å². The van der Waals surface area contributed by atoms with Crippen LogP contribution >= 0.6 is 11.9 Å². The Morgan fingerprint density at radius 2 is 1.65 bits per heavy atom. The fourth-order valence-corrected chi connectivity index (χ4v) is 5.94. The van der Waals surface area contributed by atoms with Gasteiger partial charge in [-0.15, -0.1) is 0 Å². The Morgan fingerprint density at radius 1 is 0.946 bits per heavy atom. The maximum atomic E-state index is 14.0. The maximum absolute atomic E-state index is 14.0. The number of nitrogens with one attached hydrogen (secondary N) is 1. The molecule has 0 amide bonds. The standard InChI is InChI=1S/C29H25N5O2S/c1-18-31-25-11-7-5-9-22(25)29(36)33(18)34-27(23-17-30-24-10-6-4-8-21(23)24)28(35)26(37-34)16-19-12-14-20(15-13-19)32(2)3/h4-17,27,30H,1-3H3/b26-16-. The zero-order valence-corrected chi connectivity index (χ0v) is 21.5. The van der Waals surface area contributed by atoms with Crippen molar-refractivity contribution in [1.29, 1.82) is 0 Å². The Kier molecular flexibility index (Phi) is 5.61. The number of nitrogens with zero attached hydrogens (tertiary/aromatic N) is 4. The molecule has 1 aliphatic heterocycles. The highest BCUT2D eigenvalue weighted by Gasteiger charge is 2.42. The van der Waals surface area contributed by atoms with Gasteiger partial charge in [0.25, 0.3) is 5.56 Å². The van der Waals surface area contributed by atoms with Crippen LogP contribution in [0.2, 0.25) is 0 Å². The molecule has 0 saturated carbocycles. The lowest BCUT2D eigenvalue weighted by Gasteiger charge is -2.26. The first kappa shape index (κ1) is 23.1. The van der Waals surface area contributed by atoms with Crippen LogP contribution in [0.15, 0.2) is 88.7 Å². The summed E-state index contributed by atoms with van der Waals surface area (Å²) in [5.74, 6) is 0.455. The lowest BCUT2D eigenvalue weighted by Crippen LogP contribution is -2.40. The zero-order valence-electron chi connectivity index (χ0n) is 20.7. The first-order valence-corrected chi connectivity index (χ1v) is 12.7. The number of carbonyl (C=O) groups is 1. The van der Waals surface area contributed by atoms with E-state index in [1.54, 1.807) is 17.4 Å². The fourth-order valence-electron chi connectivity index (χ4n) is 4.75. The number of ketones is 1. The molecule has 2 aromatic heterocycles. The number of aromatic nitrogens is 3. The number of benzene rings is 3. The lowest BCUT2D eigenvalue weighted by atomic mass is 10.0. The molecular weight excluding hydrogens is 482 g/mol. The molecular formula is C29H25N5O2S. The second-order valence-electron chi connectivity index (χ2n) is 9.24. The van der Waals surface area contributed by atoms with E-state index in [0.29, 0.717) is 21.6 Å². The Labute approximate surface area is 218 Å². The minimum absolute atomic E-state index is 0.0640. The predicted molar refractivity (Wildman–Crippen MR) is 151 cm³/mol. The Bertz CT molecular complexity index is 1750. The third-order valence-electron chi connectivity index (χ3n) is 6.64. The number of rotatable bonds is 4. The minimum Gasteiger partial charge on any atom is -0.378 e. The number of H-pyrrole nitrogens is 1. The average molecular weight is 508 g/mol. The monoisotopic (exact) mass is 507 g/mol. The number of para-hydroxylation sites is 2. The summed E-state index contributed by atoms with van der Waals surface area (Å²) in [5, 5.41) is 1.46. The van der Waals surface area contributed by atoms with Crippen molar-refractivity contribution in [2.24, 2.45) is 0 Å². The minimum atomic E-state index is -0.701. The first-order valence-electron chi connectivity index (χ1n) is 12.0. The third-order valence-corrected chi connectivity index (χ3v) is 7.72. The van der Waals surface area contributed by atoms with E-state index in [4.69, 9.17) is 0 Å². The van der Waals surface area contributed by atoms with Gasteiger partial charge in [-0.1, -0.05) is 42.5 Å². The van der Waals surface area contributed by atoms with Crippen molar-refractivity contribution in [3.05, 3.63) is 111 Å². The van der Waals surface area contributed by atoms with Crippen LogP contribution in [0.1, 0.15) is 23.0 Å². The quantitative estimate of drug-likeness (QED) is 0.266. The lowest BCUT2D eigenvalue weighted by molar-refractivity contribution is -0.115. The van der Waals surface area contributed by atoms with Crippen molar-refractivity contribution >= 4 is 51.3 Å². The summed E-state index contributed by atoms with van der Waals surface area (Å²) in [7, 11) is 3.98. The molecule has 0 radical (unpaired) electrons. The smallest absolute Gasteiger partial charge is 0.280 e. The number of hydrogen-bond donors (Lipinski definition) is 1. The number of fused-ring (bicyclic) bond motifs is 2. The maximum Gasteiger partial charge on any atom is 0.280 e. The van der Waals surface area contributed by atoms with Crippen molar-refractivity contribution in [3.8, 4) is 0 Å². The molecule has 5 aromatic rings. The van der Waals surface area contributed by atoms with Gasteiger partial charge in [0.2, 0.25) is 5.78 Å². The SMILES string of the molecule is Cc1nc2ccccc2c(=O)n1N1S/C(=C\c2ccc(N(C)C)cc2)C(=O)C1c1c[nH]c2ccccc12. The molecule has 1 saturated heterocycles. The van der Waals surface area contributed by atoms with Gasteiger partial charge in [-0.25, -0.2) is 9.40 Å². The molecule has 3 aromatic carbocycles. The van der Waals surface area contributed by atoms with Gasteiger partial charge in [0.15, 0.2) is 0 Å². The second-order valence-corrected chi connectivity index (χ2v) is 10.2. The number of anilines is 1. The normalized spacial score (nSPS) is 16.8. The van der Waals surface area contributed by atoms with E-state index in [-0.39, 0.29) is 11.3 Å². The molecule has 0 spiro atoms. The summed E-state index contributed by atoms with van der Waals surface area (Å²) in [6.45, 7) is 1.80. The summed E-state index contributed by atoms with van der Waals surface area (Å²) in [4.78, 5) is 38.3. The van der Waals surface area contributed by atoms with Gasteiger partial charge in [0.1, 0.15) is 11.9 Å². The van der Waals surface area contributed by atoms with E-state index in [0.717, 1.165) is 27.7 Å². The first-order chi connectivity index (χ1) is 17.9. The van der Waals surface area contributed by atoms with Crippen molar-refractivity contribution in [3.63, 3.8) is 0 Å². The van der Waals surface area contributed by atoms with Gasteiger partial charge in [0.05, 0.1) is 15.8 Å². The number of aryl methyl sites for hydroxylation is 1. The molecule has 7 nitrogen and oxygen atoms in total. The van der Waals surface area contributed by atoms with E-state index in [1.807, 2.05) is 98.0 Å². The largest absolute Gasteiger partial charge is 0.378 e. The Morgan fingerprint density at radius 3 is 2.41 bits per heavy atom. The molecule has 184 valence electrons. The Balaban J connectivity index is 1.52. The van der Waals surface area contributed by atoms with Crippen LogP contribution in [0, 0.1) is 6.92 Å². The highest BCUT2D eigenvalue weighted by Crippen LogP contribution is 2.44. The van der Waals surface area contributed by atoms with E-state index < -0.39 is 6.04 Å². The summed E-state index contributed by atoms with van der Waals surface area (Å²) < 4.78 is 3.31. The highest BCUT2D eigenvalue weighted by molar-refractivity contribution is 8.05. The predicted octanol–water partition coefficient (Wildman–Crippen LogP) is 5.20. The summed E-state index contributed by atoms with van der Waals surface area (Å²) in [6, 6.07) is 22.5. The van der Waals surface area contributed by atoms with E-state index in [1.165, 1.54) is 16.6 Å². The fraction of sp³-hybridized carbons (Fsp3) is 0.138. The average Bonchev–Trinajstić information content (AvgIpc) is 3.45. The van der Waals surface area contributed by atoms with Crippen LogP contribution < -0.4 is 14.9 Å². The summed E-state index contributed by atoms with van der Waals surface area (Å²) >= 11 is 1.27. The molecule has 1 N–H and O–H groups in total. The molecule has 6 rings (SSSR count). The van der Waals surface area contributed by atoms with Gasteiger partial charge in [-0.05, 0) is 48.9 Å². The number of aromatic amines is 1. The van der Waals surface area contributed by atoms with Gasteiger partial charge >= 0.3 is 0 Å². The number of hydrogen-bond acceptors (Lipinski definition) is 6. The molecule has 1 unspecified atom stereocenters. The van der Waals surface area contributed by atoms with Crippen LogP contribution in [0.25, 0.3) is 27.9 Å². The molecule has 0 aliphatic carbocycles. The second kappa shape index (κ2) is 8.97. The van der Waals surface area contributed by atoms with Gasteiger partial charge in [-0.2, -0.15) is 4.68 Å². The summed E-state index contributed by atoms with van der Waals surface area (Å²) in [6.07, 6.45) is 3.76. The molecule has 1 atom stereocenters. The molecule has 3 heterocycles. The van der Waals surface area contributed by atoms with Crippen molar-refractivity contribution in [1.82, 2.24) is 14.6 Å². The molecule has 1 aliphatic rings. The number of carbonyl (C=O) groups excluding carboxylic acids is 1. The third kappa shape index (κ3) is 3.90. The molecule has 37 heavy (non-hydrogen) atoms. The summed E-state index contributed by atoms with van der Waals surface area (Å²) in [5.41, 5.74) is 4.19.